The highest BCUT2D eigenvalue weighted by molar-refractivity contribution is 5.91. The van der Waals surface area contributed by atoms with Gasteiger partial charge in [-0.05, 0) is 35.4 Å². The van der Waals surface area contributed by atoms with Crippen LogP contribution >= 0.6 is 0 Å². The molecule has 2 atom stereocenters. The number of nitrogens with one attached hydrogen (secondary N) is 1. The molecule has 1 amide bonds. The van der Waals surface area contributed by atoms with Gasteiger partial charge in [-0.3, -0.25) is 4.79 Å². The van der Waals surface area contributed by atoms with Crippen LogP contribution in [0.25, 0.3) is 0 Å². The molecule has 0 bridgehead atoms. The van der Waals surface area contributed by atoms with Gasteiger partial charge in [0.2, 0.25) is 5.82 Å². The Bertz CT molecular complexity index is 748. The van der Waals surface area contributed by atoms with Gasteiger partial charge in [0.25, 0.3) is 5.91 Å². The van der Waals surface area contributed by atoms with Crippen LogP contribution in [0, 0.1) is 0 Å². The number of carbonyl (C=O) groups excluding carboxylic acids is 1. The fraction of sp³-hybridized carbons (Fsp3) is 0.684. The topological polar surface area (TPSA) is 90.7 Å². The van der Waals surface area contributed by atoms with Crippen molar-refractivity contribution < 1.29 is 18.8 Å². The molecule has 1 N–H and O–H groups in total. The Labute approximate surface area is 164 Å². The van der Waals surface area contributed by atoms with Crippen LogP contribution in [0.3, 0.4) is 0 Å². The second kappa shape index (κ2) is 8.83. The first-order valence-electron chi connectivity index (χ1n) is 10.3. The van der Waals surface area contributed by atoms with Gasteiger partial charge in [-0.15, -0.1) is 5.10 Å². The average Bonchev–Trinajstić information content (AvgIpc) is 3.49. The summed E-state index contributed by atoms with van der Waals surface area (Å²) in [7, 11) is 0. The lowest BCUT2D eigenvalue weighted by molar-refractivity contribution is -0.936. The molecular formula is C19H29N6O3+. The zero-order valence-electron chi connectivity index (χ0n) is 16.4. The summed E-state index contributed by atoms with van der Waals surface area (Å²) >= 11 is 0. The molecule has 0 unspecified atom stereocenters. The van der Waals surface area contributed by atoms with E-state index in [1.165, 1.54) is 4.90 Å². The standard InChI is InChI=1S/C19H28N6O3/c1-2-5-16(18-20-21-22-25(18)14-15-6-3-12-27-15)23-8-10-24(11-9-23)19(26)17-7-4-13-28-17/h4,7,13,15-16H,2-3,5-6,8-12,14H2,1H3/p+1/t15-,16+/m0/s1. The van der Waals surface area contributed by atoms with Gasteiger partial charge in [-0.2, -0.15) is 0 Å². The Morgan fingerprint density at radius 3 is 2.93 bits per heavy atom. The normalized spacial score (nSPS) is 21.9. The van der Waals surface area contributed by atoms with Crippen LogP contribution in [0.4, 0.5) is 0 Å². The van der Waals surface area contributed by atoms with Crippen LogP contribution < -0.4 is 4.90 Å². The van der Waals surface area contributed by atoms with Crippen LogP contribution in [0.15, 0.2) is 22.8 Å². The van der Waals surface area contributed by atoms with E-state index in [9.17, 15) is 4.79 Å². The fourth-order valence-corrected chi connectivity index (χ4v) is 4.28. The first-order valence-corrected chi connectivity index (χ1v) is 10.3. The Kier molecular flexibility index (Phi) is 6.01. The fourth-order valence-electron chi connectivity index (χ4n) is 4.28. The molecule has 2 fully saturated rings. The monoisotopic (exact) mass is 389 g/mol. The molecule has 2 aromatic heterocycles. The third kappa shape index (κ3) is 4.10. The van der Waals surface area contributed by atoms with E-state index < -0.39 is 0 Å². The highest BCUT2D eigenvalue weighted by Gasteiger charge is 2.34. The lowest BCUT2D eigenvalue weighted by Gasteiger charge is -2.35. The molecule has 2 aromatic rings. The Morgan fingerprint density at radius 2 is 2.25 bits per heavy atom. The quantitative estimate of drug-likeness (QED) is 0.734. The zero-order valence-corrected chi connectivity index (χ0v) is 16.4. The van der Waals surface area contributed by atoms with Crippen molar-refractivity contribution in [2.75, 3.05) is 32.8 Å². The predicted molar refractivity (Wildman–Crippen MR) is 99.7 cm³/mol. The third-order valence-electron chi connectivity index (χ3n) is 5.77. The molecule has 0 aromatic carbocycles. The molecule has 0 aliphatic carbocycles. The molecule has 28 heavy (non-hydrogen) atoms. The molecule has 0 spiro atoms. The molecule has 4 heterocycles. The Hall–Kier alpha value is -2.26. The van der Waals surface area contributed by atoms with Crippen molar-refractivity contribution in [2.45, 2.75) is 51.3 Å². The maximum atomic E-state index is 12.5. The molecular weight excluding hydrogens is 360 g/mol. The summed E-state index contributed by atoms with van der Waals surface area (Å²) in [6.45, 7) is 6.92. The second-order valence-electron chi connectivity index (χ2n) is 7.62. The van der Waals surface area contributed by atoms with Crippen molar-refractivity contribution >= 4 is 5.91 Å². The van der Waals surface area contributed by atoms with Gasteiger partial charge >= 0.3 is 0 Å². The van der Waals surface area contributed by atoms with Crippen molar-refractivity contribution in [2.24, 2.45) is 0 Å². The number of carbonyl (C=O) groups is 1. The van der Waals surface area contributed by atoms with Crippen molar-refractivity contribution in [1.29, 1.82) is 0 Å². The molecule has 2 aliphatic heterocycles. The van der Waals surface area contributed by atoms with Gasteiger partial charge in [-0.25, -0.2) is 4.68 Å². The Balaban J connectivity index is 1.42. The lowest BCUT2D eigenvalue weighted by atomic mass is 10.1. The van der Waals surface area contributed by atoms with Gasteiger partial charge in [-0.1, -0.05) is 13.3 Å². The number of hydrogen-bond donors (Lipinski definition) is 1. The van der Waals surface area contributed by atoms with Crippen molar-refractivity contribution in [3.8, 4) is 0 Å². The number of nitrogens with zero attached hydrogens (tertiary/aromatic N) is 5. The molecule has 152 valence electrons. The number of amides is 1. The summed E-state index contributed by atoms with van der Waals surface area (Å²) in [5.41, 5.74) is 0. The molecule has 4 rings (SSSR count). The first-order chi connectivity index (χ1) is 13.8. The molecule has 9 nitrogen and oxygen atoms in total. The lowest BCUT2D eigenvalue weighted by Crippen LogP contribution is -3.15. The van der Waals surface area contributed by atoms with Gasteiger partial charge < -0.3 is 19.0 Å². The van der Waals surface area contributed by atoms with E-state index in [1.54, 1.807) is 18.4 Å². The van der Waals surface area contributed by atoms with E-state index >= 15 is 0 Å². The minimum Gasteiger partial charge on any atom is -0.459 e. The highest BCUT2D eigenvalue weighted by Crippen LogP contribution is 2.18. The largest absolute Gasteiger partial charge is 0.459 e. The van der Waals surface area contributed by atoms with Crippen LogP contribution in [0.5, 0.6) is 0 Å². The Morgan fingerprint density at radius 1 is 1.39 bits per heavy atom. The molecule has 2 saturated heterocycles. The molecule has 2 aliphatic rings. The second-order valence-corrected chi connectivity index (χ2v) is 7.62. The zero-order chi connectivity index (χ0) is 19.3. The summed E-state index contributed by atoms with van der Waals surface area (Å²) < 4.78 is 13.0. The predicted octanol–water partition coefficient (Wildman–Crippen LogP) is 0.327. The van der Waals surface area contributed by atoms with Crippen LogP contribution in [-0.4, -0.2) is 69.9 Å². The van der Waals surface area contributed by atoms with Crippen molar-refractivity contribution in [1.82, 2.24) is 25.1 Å². The van der Waals surface area contributed by atoms with Crippen LogP contribution in [-0.2, 0) is 11.3 Å². The van der Waals surface area contributed by atoms with Gasteiger partial charge in [0, 0.05) is 13.0 Å². The van der Waals surface area contributed by atoms with E-state index in [-0.39, 0.29) is 18.1 Å². The molecule has 9 heteroatoms. The number of hydrogen-bond acceptors (Lipinski definition) is 6. The number of ether oxygens (including phenoxy) is 1. The number of tetrazole rings is 1. The molecule has 0 saturated carbocycles. The van der Waals surface area contributed by atoms with Gasteiger partial charge in [0.15, 0.2) is 5.76 Å². The molecule has 0 radical (unpaired) electrons. The maximum absolute atomic E-state index is 12.5. The summed E-state index contributed by atoms with van der Waals surface area (Å²) in [5.74, 6) is 1.33. The first kappa shape index (κ1) is 19.1. The summed E-state index contributed by atoms with van der Waals surface area (Å²) in [6, 6.07) is 3.71. The summed E-state index contributed by atoms with van der Waals surface area (Å²) in [4.78, 5) is 15.8. The summed E-state index contributed by atoms with van der Waals surface area (Å²) in [5, 5.41) is 12.6. The smallest absolute Gasteiger partial charge is 0.289 e. The van der Waals surface area contributed by atoms with E-state index in [4.69, 9.17) is 9.15 Å². The minimum atomic E-state index is -0.0284. The highest BCUT2D eigenvalue weighted by atomic mass is 16.5. The summed E-state index contributed by atoms with van der Waals surface area (Å²) in [6.07, 6.45) is 6.01. The third-order valence-corrected chi connectivity index (χ3v) is 5.77. The van der Waals surface area contributed by atoms with Crippen molar-refractivity contribution in [3.63, 3.8) is 0 Å². The van der Waals surface area contributed by atoms with Crippen molar-refractivity contribution in [3.05, 3.63) is 30.0 Å². The SMILES string of the molecule is CCC[C@H](c1nnnn1C[C@@H]1CCCO1)[NH+]1CCN(C(=O)c2ccco2)CC1. The van der Waals surface area contributed by atoms with Gasteiger partial charge in [0.05, 0.1) is 45.1 Å². The maximum Gasteiger partial charge on any atom is 0.289 e. The average molecular weight is 389 g/mol. The number of aromatic nitrogens is 4. The van der Waals surface area contributed by atoms with Gasteiger partial charge in [0.1, 0.15) is 6.04 Å². The number of piperazine rings is 1. The number of furan rings is 1. The van der Waals surface area contributed by atoms with E-state index in [0.717, 1.165) is 57.7 Å². The van der Waals surface area contributed by atoms with Crippen LogP contribution in [0.2, 0.25) is 0 Å². The van der Waals surface area contributed by atoms with Crippen LogP contribution in [0.1, 0.15) is 55.0 Å². The minimum absolute atomic E-state index is 0.0284. The van der Waals surface area contributed by atoms with E-state index in [0.29, 0.717) is 18.8 Å². The number of quaternary nitrogens is 1. The number of rotatable bonds is 7. The van der Waals surface area contributed by atoms with E-state index in [2.05, 4.69) is 22.4 Å². The van der Waals surface area contributed by atoms with E-state index in [1.807, 2.05) is 9.58 Å².